The van der Waals surface area contributed by atoms with Crippen molar-refractivity contribution in [2.45, 2.75) is 4.90 Å². The highest BCUT2D eigenvalue weighted by molar-refractivity contribution is 7.86. The topological polar surface area (TPSA) is 205 Å². The van der Waals surface area contributed by atoms with Crippen molar-refractivity contribution < 1.29 is 22.6 Å². The van der Waals surface area contributed by atoms with Gasteiger partial charge >= 0.3 is 10.1 Å². The molecule has 0 spiro atoms. The lowest BCUT2D eigenvalue weighted by Crippen LogP contribution is -2.22. The molecule has 0 heterocycles. The first-order valence-corrected chi connectivity index (χ1v) is 6.98. The summed E-state index contributed by atoms with van der Waals surface area (Å²) in [6, 6.07) is 2.96. The first-order chi connectivity index (χ1) is 10.6. The van der Waals surface area contributed by atoms with Gasteiger partial charge in [-0.05, 0) is 6.07 Å². The lowest BCUT2D eigenvalue weighted by atomic mass is 10.2. The fourth-order valence-corrected chi connectivity index (χ4v) is 2.08. The number of nitro benzene ring substituents is 1. The van der Waals surface area contributed by atoms with E-state index in [-0.39, 0.29) is 11.4 Å². The molecule has 13 heteroatoms. The molecule has 0 saturated heterocycles. The van der Waals surface area contributed by atoms with Gasteiger partial charge in [0, 0.05) is 0 Å². The van der Waals surface area contributed by atoms with Gasteiger partial charge in [0.25, 0.3) is 5.69 Å². The number of nitriles is 1. The fraction of sp³-hybridized carbons (Fsp3) is 0.100. The average Bonchev–Trinajstić information content (AvgIpc) is 2.45. The largest absolute Gasteiger partial charge is 0.494 e. The molecule has 1 rings (SSSR count). The predicted molar refractivity (Wildman–Crippen MR) is 78.0 cm³/mol. The molecule has 0 atom stereocenters. The third-order valence-electron chi connectivity index (χ3n) is 2.40. The summed E-state index contributed by atoms with van der Waals surface area (Å²) in [5.41, 5.74) is 5.64. The molecule has 0 fully saturated rings. The maximum atomic E-state index is 11.3. The Labute approximate surface area is 129 Å². The number of nitrogens with one attached hydrogen (secondary N) is 2. The van der Waals surface area contributed by atoms with E-state index in [4.69, 9.17) is 25.7 Å². The van der Waals surface area contributed by atoms with Crippen molar-refractivity contribution in [1.82, 2.24) is 0 Å². The van der Waals surface area contributed by atoms with Crippen LogP contribution in [-0.4, -0.2) is 36.6 Å². The summed E-state index contributed by atoms with van der Waals surface area (Å²) in [6.45, 7) is 0. The number of hydrazone groups is 1. The maximum Gasteiger partial charge on any atom is 0.301 e. The second-order valence-corrected chi connectivity index (χ2v) is 5.24. The lowest BCUT2D eigenvalue weighted by Gasteiger charge is -2.10. The summed E-state index contributed by atoms with van der Waals surface area (Å²) in [7, 11) is -3.75. The van der Waals surface area contributed by atoms with Gasteiger partial charge in [-0.25, -0.2) is 0 Å². The Bertz CT molecular complexity index is 840. The van der Waals surface area contributed by atoms with Crippen LogP contribution in [0.2, 0.25) is 0 Å². The number of amidine groups is 1. The van der Waals surface area contributed by atoms with Crippen LogP contribution in [0.4, 0.5) is 11.4 Å². The van der Waals surface area contributed by atoms with Crippen LogP contribution in [0.15, 0.2) is 22.1 Å². The van der Waals surface area contributed by atoms with Crippen LogP contribution < -0.4 is 15.9 Å². The maximum absolute atomic E-state index is 11.3. The molecular formula is C10H10N6O6S. The van der Waals surface area contributed by atoms with E-state index >= 15 is 0 Å². The Balaban J connectivity index is 3.53. The first kappa shape index (κ1) is 17.8. The van der Waals surface area contributed by atoms with Crippen LogP contribution in [-0.2, 0) is 10.1 Å². The molecule has 0 radical (unpaired) electrons. The monoisotopic (exact) mass is 342 g/mol. The zero-order valence-electron chi connectivity index (χ0n) is 11.5. The number of rotatable bonds is 6. The van der Waals surface area contributed by atoms with Gasteiger partial charge in [-0.2, -0.15) is 18.8 Å². The van der Waals surface area contributed by atoms with Gasteiger partial charge in [0.1, 0.15) is 11.8 Å². The Morgan fingerprint density at radius 1 is 1.61 bits per heavy atom. The number of benzene rings is 1. The highest BCUT2D eigenvalue weighted by Crippen LogP contribution is 2.35. The minimum atomic E-state index is -4.90. The fourth-order valence-electron chi connectivity index (χ4n) is 1.42. The molecule has 0 unspecified atom stereocenters. The second-order valence-electron chi connectivity index (χ2n) is 3.85. The standard InChI is InChI=1S/C10H10N6O6S/c1-22-8-3-7(16(17)18)9(23(19,20)21)2-5(8)14-15-6(4-11)10(12)13/h2-3,14H,1H3,(H3,12,13)(H,19,20,21)/b15-6+. The van der Waals surface area contributed by atoms with Gasteiger partial charge in [-0.1, -0.05) is 0 Å². The van der Waals surface area contributed by atoms with E-state index in [9.17, 15) is 18.5 Å². The normalized spacial score (nSPS) is 11.4. The van der Waals surface area contributed by atoms with Gasteiger partial charge < -0.3 is 10.5 Å². The zero-order chi connectivity index (χ0) is 17.8. The van der Waals surface area contributed by atoms with Crippen LogP contribution >= 0.6 is 0 Å². The van der Waals surface area contributed by atoms with Crippen molar-refractivity contribution in [2.24, 2.45) is 10.8 Å². The second kappa shape index (κ2) is 6.68. The molecule has 1 aromatic rings. The van der Waals surface area contributed by atoms with Gasteiger partial charge in [-0.3, -0.25) is 25.5 Å². The lowest BCUT2D eigenvalue weighted by molar-refractivity contribution is -0.387. The van der Waals surface area contributed by atoms with E-state index in [1.165, 1.54) is 6.07 Å². The number of anilines is 1. The minimum absolute atomic E-state index is 0.186. The molecule has 0 aliphatic rings. The number of ether oxygens (including phenoxy) is 1. The molecule has 0 aromatic heterocycles. The Hall–Kier alpha value is -3.24. The van der Waals surface area contributed by atoms with Gasteiger partial charge in [0.2, 0.25) is 5.71 Å². The molecule has 0 aliphatic heterocycles. The van der Waals surface area contributed by atoms with Crippen LogP contribution in [0.5, 0.6) is 5.75 Å². The molecule has 23 heavy (non-hydrogen) atoms. The summed E-state index contributed by atoms with van der Waals surface area (Å²) < 4.78 is 36.4. The molecule has 0 bridgehead atoms. The number of nitrogens with two attached hydrogens (primary N) is 1. The highest BCUT2D eigenvalue weighted by atomic mass is 32.2. The van der Waals surface area contributed by atoms with Crippen molar-refractivity contribution in [3.05, 3.63) is 22.2 Å². The molecule has 12 nitrogen and oxygen atoms in total. The molecule has 0 saturated carbocycles. The SMILES string of the molecule is COc1cc([N+](=O)[O-])c(S(=O)(=O)O)cc1N/N=C(\C#N)C(=N)N. The van der Waals surface area contributed by atoms with E-state index in [0.29, 0.717) is 6.07 Å². The number of nitro groups is 1. The van der Waals surface area contributed by atoms with Crippen LogP contribution in [0, 0.1) is 26.9 Å². The third kappa shape index (κ3) is 4.12. The van der Waals surface area contributed by atoms with Gasteiger partial charge in [0.15, 0.2) is 16.5 Å². The Morgan fingerprint density at radius 3 is 2.61 bits per heavy atom. The summed E-state index contributed by atoms with van der Waals surface area (Å²) in [4.78, 5) is 8.87. The van der Waals surface area contributed by atoms with Crippen LogP contribution in [0.3, 0.4) is 0 Å². The van der Waals surface area contributed by atoms with Gasteiger partial charge in [-0.15, -0.1) is 0 Å². The van der Waals surface area contributed by atoms with Crippen molar-refractivity contribution in [2.75, 3.05) is 12.5 Å². The van der Waals surface area contributed by atoms with E-state index in [2.05, 4.69) is 10.5 Å². The summed E-state index contributed by atoms with van der Waals surface area (Å²) in [6.07, 6.45) is 0. The number of nitrogens with zero attached hydrogens (tertiary/aromatic N) is 3. The van der Waals surface area contributed by atoms with Crippen molar-refractivity contribution >= 4 is 33.0 Å². The van der Waals surface area contributed by atoms with Crippen molar-refractivity contribution in [1.29, 1.82) is 10.7 Å². The summed E-state index contributed by atoms with van der Waals surface area (Å²) in [5, 5.41) is 30.1. The Kier molecular flexibility index (Phi) is 5.17. The number of methoxy groups -OCH3 is 1. The molecule has 122 valence electrons. The van der Waals surface area contributed by atoms with Gasteiger partial charge in [0.05, 0.1) is 18.1 Å². The molecule has 0 amide bonds. The molecular weight excluding hydrogens is 332 g/mol. The zero-order valence-corrected chi connectivity index (χ0v) is 12.3. The smallest absolute Gasteiger partial charge is 0.301 e. The first-order valence-electron chi connectivity index (χ1n) is 5.54. The van der Waals surface area contributed by atoms with E-state index < -0.39 is 37.2 Å². The number of hydrogen-bond acceptors (Lipinski definition) is 9. The summed E-state index contributed by atoms with van der Waals surface area (Å²) >= 11 is 0. The van der Waals surface area contributed by atoms with Crippen LogP contribution in [0.25, 0.3) is 0 Å². The Morgan fingerprint density at radius 2 is 2.22 bits per heavy atom. The average molecular weight is 342 g/mol. The minimum Gasteiger partial charge on any atom is -0.494 e. The van der Waals surface area contributed by atoms with Crippen LogP contribution in [0.1, 0.15) is 0 Å². The number of hydrogen-bond donors (Lipinski definition) is 4. The van der Waals surface area contributed by atoms with E-state index in [1.807, 2.05) is 0 Å². The highest BCUT2D eigenvalue weighted by Gasteiger charge is 2.27. The molecule has 5 N–H and O–H groups in total. The van der Waals surface area contributed by atoms with Crippen molar-refractivity contribution in [3.8, 4) is 11.8 Å². The van der Waals surface area contributed by atoms with Crippen molar-refractivity contribution in [3.63, 3.8) is 0 Å². The third-order valence-corrected chi connectivity index (χ3v) is 3.29. The molecule has 1 aromatic carbocycles. The predicted octanol–water partition coefficient (Wildman–Crippen LogP) is 0.0775. The van der Waals surface area contributed by atoms with E-state index in [0.717, 1.165) is 13.2 Å². The summed E-state index contributed by atoms with van der Waals surface area (Å²) in [5.74, 6) is -0.843. The van der Waals surface area contributed by atoms with E-state index in [1.54, 1.807) is 0 Å². The molecule has 0 aliphatic carbocycles. The quantitative estimate of drug-likeness (QED) is 0.181.